The van der Waals surface area contributed by atoms with Crippen LogP contribution in [-0.2, 0) is 4.74 Å². The molecule has 0 amide bonds. The van der Waals surface area contributed by atoms with Crippen LogP contribution in [0.2, 0.25) is 0 Å². The number of phenols is 1. The quantitative estimate of drug-likeness (QED) is 0.662. The fourth-order valence-corrected chi connectivity index (χ4v) is 2.57. The molecule has 0 saturated carbocycles. The number of ketones is 1. The van der Waals surface area contributed by atoms with Crippen LogP contribution in [0.25, 0.3) is 6.08 Å². The molecule has 1 saturated heterocycles. The number of carbonyl (C=O) groups excluding carboxylic acids is 1. The lowest BCUT2D eigenvalue weighted by atomic mass is 10.1. The largest absolute Gasteiger partial charge is 0.507 e. The normalized spacial score (nSPS) is 17.8. The second-order valence-electron chi connectivity index (χ2n) is 5.70. The Kier molecular flexibility index (Phi) is 5.29. The van der Waals surface area contributed by atoms with Crippen molar-refractivity contribution >= 4 is 11.9 Å². The molecule has 0 aromatic heterocycles. The molecule has 2 aromatic rings. The number of phenolic OH excluding ortho intramolecular Hbond substituents is 1. The summed E-state index contributed by atoms with van der Waals surface area (Å²) in [5, 5.41) is 10.1. The molecule has 3 rings (SSSR count). The highest BCUT2D eigenvalue weighted by molar-refractivity contribution is 6.08. The molecule has 0 bridgehead atoms. The van der Waals surface area contributed by atoms with Gasteiger partial charge in [0.05, 0.1) is 12.2 Å². The number of aromatic hydroxyl groups is 1. The average molecular weight is 324 g/mol. The van der Waals surface area contributed by atoms with Crippen LogP contribution in [0.1, 0.15) is 35.2 Å². The maximum atomic E-state index is 12.2. The van der Waals surface area contributed by atoms with Crippen LogP contribution in [0.15, 0.2) is 54.6 Å². The minimum atomic E-state index is -0.280. The first kappa shape index (κ1) is 16.3. The van der Waals surface area contributed by atoms with E-state index in [0.717, 1.165) is 24.8 Å². The number of rotatable bonds is 5. The summed E-state index contributed by atoms with van der Waals surface area (Å²) in [6.07, 6.45) is 5.85. The first-order chi connectivity index (χ1) is 11.7. The van der Waals surface area contributed by atoms with E-state index < -0.39 is 0 Å². The van der Waals surface area contributed by atoms with E-state index in [9.17, 15) is 9.90 Å². The molecule has 4 nitrogen and oxygen atoms in total. The molecule has 24 heavy (non-hydrogen) atoms. The number of benzene rings is 2. The molecule has 0 spiro atoms. The van der Waals surface area contributed by atoms with Crippen molar-refractivity contribution in [2.24, 2.45) is 0 Å². The van der Waals surface area contributed by atoms with Gasteiger partial charge >= 0.3 is 0 Å². The summed E-state index contributed by atoms with van der Waals surface area (Å²) in [4.78, 5) is 12.2. The number of allylic oxidation sites excluding steroid dienone is 1. The minimum Gasteiger partial charge on any atom is -0.507 e. The SMILES string of the molecule is O=C(C=Cc1ccccc1)c1ccc(OC2CCCCO2)cc1O. The maximum absolute atomic E-state index is 12.2. The van der Waals surface area contributed by atoms with Crippen LogP contribution >= 0.6 is 0 Å². The lowest BCUT2D eigenvalue weighted by Gasteiger charge is -2.23. The van der Waals surface area contributed by atoms with E-state index in [1.54, 1.807) is 18.2 Å². The third-order valence-corrected chi connectivity index (χ3v) is 3.87. The van der Waals surface area contributed by atoms with E-state index in [0.29, 0.717) is 12.4 Å². The molecule has 1 atom stereocenters. The van der Waals surface area contributed by atoms with Gasteiger partial charge in [-0.25, -0.2) is 0 Å². The molecule has 4 heteroatoms. The molecule has 1 aliphatic heterocycles. The van der Waals surface area contributed by atoms with Crippen molar-refractivity contribution < 1.29 is 19.4 Å². The minimum absolute atomic E-state index is 0.0916. The molecule has 1 heterocycles. The van der Waals surface area contributed by atoms with Gasteiger partial charge in [0.15, 0.2) is 12.1 Å². The number of carbonyl (C=O) groups is 1. The molecular formula is C20H20O4. The third-order valence-electron chi connectivity index (χ3n) is 3.87. The summed E-state index contributed by atoms with van der Waals surface area (Å²) in [6, 6.07) is 14.3. The van der Waals surface area contributed by atoms with E-state index >= 15 is 0 Å². The Morgan fingerprint density at radius 1 is 1.17 bits per heavy atom. The Morgan fingerprint density at radius 3 is 2.71 bits per heavy atom. The van der Waals surface area contributed by atoms with Gasteiger partial charge in [-0.3, -0.25) is 4.79 Å². The summed E-state index contributed by atoms with van der Waals surface area (Å²) >= 11 is 0. The van der Waals surface area contributed by atoms with E-state index in [1.807, 2.05) is 30.3 Å². The van der Waals surface area contributed by atoms with Crippen LogP contribution in [0.5, 0.6) is 11.5 Å². The Bertz CT molecular complexity index is 716. The van der Waals surface area contributed by atoms with Crippen molar-refractivity contribution in [3.63, 3.8) is 0 Å². The predicted octanol–water partition coefficient (Wildman–Crippen LogP) is 4.19. The van der Waals surface area contributed by atoms with Crippen LogP contribution in [0.3, 0.4) is 0 Å². The van der Waals surface area contributed by atoms with Crippen molar-refractivity contribution in [1.29, 1.82) is 0 Å². The highest BCUT2D eigenvalue weighted by Crippen LogP contribution is 2.27. The topological polar surface area (TPSA) is 55.8 Å². The number of hydrogen-bond acceptors (Lipinski definition) is 4. The highest BCUT2D eigenvalue weighted by Gasteiger charge is 2.16. The Balaban J connectivity index is 1.67. The van der Waals surface area contributed by atoms with Crippen molar-refractivity contribution in [3.8, 4) is 11.5 Å². The van der Waals surface area contributed by atoms with Gasteiger partial charge in [-0.05, 0) is 36.6 Å². The molecule has 1 unspecified atom stereocenters. The smallest absolute Gasteiger partial charge is 0.199 e. The first-order valence-corrected chi connectivity index (χ1v) is 8.11. The van der Waals surface area contributed by atoms with Gasteiger partial charge in [0.25, 0.3) is 0 Å². The van der Waals surface area contributed by atoms with E-state index in [4.69, 9.17) is 9.47 Å². The molecule has 0 aliphatic carbocycles. The molecule has 1 fully saturated rings. The zero-order chi connectivity index (χ0) is 16.8. The van der Waals surface area contributed by atoms with Gasteiger partial charge < -0.3 is 14.6 Å². The van der Waals surface area contributed by atoms with Gasteiger partial charge in [0.2, 0.25) is 0 Å². The average Bonchev–Trinajstić information content (AvgIpc) is 2.61. The summed E-state index contributed by atoms with van der Waals surface area (Å²) in [5.41, 5.74) is 1.18. The summed E-state index contributed by atoms with van der Waals surface area (Å²) in [6.45, 7) is 0.692. The highest BCUT2D eigenvalue weighted by atomic mass is 16.7. The monoisotopic (exact) mass is 324 g/mol. The lowest BCUT2D eigenvalue weighted by Crippen LogP contribution is -2.24. The van der Waals surface area contributed by atoms with Crippen LogP contribution in [0, 0.1) is 0 Å². The standard InChI is InChI=1S/C20H20O4/c21-18(12-9-15-6-2-1-3-7-15)17-11-10-16(14-19(17)22)24-20-8-4-5-13-23-20/h1-3,6-7,9-12,14,20,22H,4-5,8,13H2. The Hall–Kier alpha value is -2.59. The fourth-order valence-electron chi connectivity index (χ4n) is 2.57. The van der Waals surface area contributed by atoms with Gasteiger partial charge in [-0.1, -0.05) is 36.4 Å². The van der Waals surface area contributed by atoms with Crippen molar-refractivity contribution in [2.75, 3.05) is 6.61 Å². The molecule has 124 valence electrons. The second kappa shape index (κ2) is 7.79. The Labute approximate surface area is 141 Å². The van der Waals surface area contributed by atoms with E-state index in [-0.39, 0.29) is 23.4 Å². The third kappa shape index (κ3) is 4.24. The van der Waals surface area contributed by atoms with Crippen LogP contribution in [-0.4, -0.2) is 23.8 Å². The summed E-state index contributed by atoms with van der Waals surface area (Å²) in [7, 11) is 0. The molecule has 1 N–H and O–H groups in total. The van der Waals surface area contributed by atoms with Gasteiger partial charge in [-0.15, -0.1) is 0 Å². The summed E-state index contributed by atoms with van der Waals surface area (Å²) in [5.74, 6) is 0.158. The molecule has 2 aromatic carbocycles. The van der Waals surface area contributed by atoms with Crippen molar-refractivity contribution in [1.82, 2.24) is 0 Å². The zero-order valence-electron chi connectivity index (χ0n) is 13.4. The van der Waals surface area contributed by atoms with E-state index in [1.165, 1.54) is 12.1 Å². The lowest BCUT2D eigenvalue weighted by molar-refractivity contribution is -0.105. The molecule has 0 radical (unpaired) electrons. The van der Waals surface area contributed by atoms with Crippen molar-refractivity contribution in [3.05, 3.63) is 65.7 Å². The maximum Gasteiger partial charge on any atom is 0.199 e. The summed E-state index contributed by atoms with van der Waals surface area (Å²) < 4.78 is 11.2. The zero-order valence-corrected chi connectivity index (χ0v) is 13.4. The van der Waals surface area contributed by atoms with Gasteiger partial charge in [0, 0.05) is 12.5 Å². The predicted molar refractivity (Wildman–Crippen MR) is 92.1 cm³/mol. The van der Waals surface area contributed by atoms with Gasteiger partial charge in [0.1, 0.15) is 11.5 Å². The Morgan fingerprint density at radius 2 is 2.00 bits per heavy atom. The first-order valence-electron chi connectivity index (χ1n) is 8.11. The molecule has 1 aliphatic rings. The number of ether oxygens (including phenoxy) is 2. The van der Waals surface area contributed by atoms with Crippen molar-refractivity contribution in [2.45, 2.75) is 25.6 Å². The van der Waals surface area contributed by atoms with E-state index in [2.05, 4.69) is 0 Å². The molecular weight excluding hydrogens is 304 g/mol. The van der Waals surface area contributed by atoms with Crippen LogP contribution < -0.4 is 4.74 Å². The number of hydrogen-bond donors (Lipinski definition) is 1. The van der Waals surface area contributed by atoms with Crippen LogP contribution in [0.4, 0.5) is 0 Å². The second-order valence-corrected chi connectivity index (χ2v) is 5.70. The fraction of sp³-hybridized carbons (Fsp3) is 0.250. The van der Waals surface area contributed by atoms with Gasteiger partial charge in [-0.2, -0.15) is 0 Å².